The largest absolute Gasteiger partial charge is 0.457 e. The van der Waals surface area contributed by atoms with Crippen molar-refractivity contribution in [2.75, 3.05) is 0 Å². The molecule has 4 nitrogen and oxygen atoms in total. The van der Waals surface area contributed by atoms with Crippen LogP contribution in [0.2, 0.25) is 0 Å². The molecule has 3 rings (SSSR count). The second kappa shape index (κ2) is 8.90. The Hall–Kier alpha value is -3.54. The van der Waals surface area contributed by atoms with Gasteiger partial charge < -0.3 is 10.1 Å². The van der Waals surface area contributed by atoms with Crippen LogP contribution in [-0.4, -0.2) is 10.9 Å². The summed E-state index contributed by atoms with van der Waals surface area (Å²) in [6, 6.07) is 13.6. The molecule has 1 amide bonds. The van der Waals surface area contributed by atoms with Crippen molar-refractivity contribution in [2.24, 2.45) is 0 Å². The number of carbonyl (C=O) groups excluding carboxylic acids is 1. The first-order chi connectivity index (χ1) is 13.5. The summed E-state index contributed by atoms with van der Waals surface area (Å²) in [5.41, 5.74) is 0.848. The van der Waals surface area contributed by atoms with Crippen molar-refractivity contribution >= 4 is 12.0 Å². The number of hydrogen-bond acceptors (Lipinski definition) is 3. The normalized spacial score (nSPS) is 12.0. The Bertz CT molecular complexity index is 991. The highest BCUT2D eigenvalue weighted by Gasteiger charge is 2.09. The number of carbonyl (C=O) groups is 1. The highest BCUT2D eigenvalue weighted by molar-refractivity contribution is 5.92. The van der Waals surface area contributed by atoms with E-state index < -0.39 is 17.5 Å². The van der Waals surface area contributed by atoms with Crippen LogP contribution in [0.1, 0.15) is 24.1 Å². The van der Waals surface area contributed by atoms with Crippen LogP contribution in [0, 0.1) is 11.6 Å². The Morgan fingerprint density at radius 2 is 1.86 bits per heavy atom. The number of benzene rings is 2. The molecule has 1 N–H and O–H groups in total. The predicted molar refractivity (Wildman–Crippen MR) is 103 cm³/mol. The van der Waals surface area contributed by atoms with Gasteiger partial charge in [-0.3, -0.25) is 9.78 Å². The number of nitrogens with one attached hydrogen (secondary N) is 1. The molecule has 3 aromatic rings. The summed E-state index contributed by atoms with van der Waals surface area (Å²) in [4.78, 5) is 16.1. The van der Waals surface area contributed by atoms with E-state index in [1.807, 2.05) is 31.2 Å². The average molecular weight is 380 g/mol. The second-order valence-corrected chi connectivity index (χ2v) is 6.09. The van der Waals surface area contributed by atoms with Gasteiger partial charge in [0.1, 0.15) is 23.1 Å². The molecule has 1 heterocycles. The Labute approximate surface area is 161 Å². The SMILES string of the molecule is CC(NC(=O)C=Cc1cc(F)ccc1F)c1cccc(Oc2ccncc2)c1. The first kappa shape index (κ1) is 19.2. The van der Waals surface area contributed by atoms with Gasteiger partial charge in [0.15, 0.2) is 0 Å². The van der Waals surface area contributed by atoms with Gasteiger partial charge in [-0.2, -0.15) is 0 Å². The molecule has 0 saturated heterocycles. The summed E-state index contributed by atoms with van der Waals surface area (Å²) >= 11 is 0. The van der Waals surface area contributed by atoms with Crippen LogP contribution >= 0.6 is 0 Å². The second-order valence-electron chi connectivity index (χ2n) is 6.09. The van der Waals surface area contributed by atoms with E-state index in [4.69, 9.17) is 4.74 Å². The molecule has 0 fully saturated rings. The first-order valence-electron chi connectivity index (χ1n) is 8.63. The lowest BCUT2D eigenvalue weighted by Crippen LogP contribution is -2.24. The molecule has 0 spiro atoms. The fourth-order valence-corrected chi connectivity index (χ4v) is 2.54. The standard InChI is InChI=1S/C22H18F2N2O2/c1-15(26-22(27)8-5-17-13-18(23)6-7-21(17)24)16-3-2-4-20(14-16)28-19-9-11-25-12-10-19/h2-15H,1H3,(H,26,27). The van der Waals surface area contributed by atoms with E-state index in [0.29, 0.717) is 11.5 Å². The third-order valence-electron chi connectivity index (χ3n) is 3.97. The molecule has 142 valence electrons. The first-order valence-corrected chi connectivity index (χ1v) is 8.63. The van der Waals surface area contributed by atoms with Crippen LogP contribution in [0.25, 0.3) is 6.08 Å². The maximum atomic E-state index is 13.6. The molecule has 1 aromatic heterocycles. The predicted octanol–water partition coefficient (Wildman–Crippen LogP) is 5.04. The van der Waals surface area contributed by atoms with Crippen molar-refractivity contribution in [1.82, 2.24) is 10.3 Å². The maximum absolute atomic E-state index is 13.6. The van der Waals surface area contributed by atoms with E-state index in [1.54, 1.807) is 24.5 Å². The Morgan fingerprint density at radius 1 is 1.07 bits per heavy atom. The summed E-state index contributed by atoms with van der Waals surface area (Å²) < 4.78 is 32.5. The number of pyridine rings is 1. The van der Waals surface area contributed by atoms with Gasteiger partial charge in [-0.1, -0.05) is 12.1 Å². The number of hydrogen-bond donors (Lipinski definition) is 1. The average Bonchev–Trinajstić information content (AvgIpc) is 2.69. The third-order valence-corrected chi connectivity index (χ3v) is 3.97. The fraction of sp³-hybridized carbons (Fsp3) is 0.0909. The monoisotopic (exact) mass is 380 g/mol. The van der Waals surface area contributed by atoms with Crippen LogP contribution in [0.15, 0.2) is 73.1 Å². The molecule has 1 atom stereocenters. The molecule has 0 radical (unpaired) electrons. The molecule has 0 aliphatic carbocycles. The minimum absolute atomic E-state index is 0.00977. The number of rotatable bonds is 6. The number of aromatic nitrogens is 1. The summed E-state index contributed by atoms with van der Waals surface area (Å²) in [7, 11) is 0. The van der Waals surface area contributed by atoms with Crippen molar-refractivity contribution in [3.63, 3.8) is 0 Å². The summed E-state index contributed by atoms with van der Waals surface area (Å²) in [6.45, 7) is 1.82. The van der Waals surface area contributed by atoms with Gasteiger partial charge in [-0.15, -0.1) is 0 Å². The van der Waals surface area contributed by atoms with E-state index in [0.717, 1.165) is 23.8 Å². The Balaban J connectivity index is 1.64. The summed E-state index contributed by atoms with van der Waals surface area (Å²) in [5.74, 6) is -0.303. The Morgan fingerprint density at radius 3 is 2.64 bits per heavy atom. The number of nitrogens with zero attached hydrogens (tertiary/aromatic N) is 1. The van der Waals surface area contributed by atoms with E-state index in [2.05, 4.69) is 10.3 Å². The van der Waals surface area contributed by atoms with Crippen LogP contribution < -0.4 is 10.1 Å². The van der Waals surface area contributed by atoms with Crippen LogP contribution in [-0.2, 0) is 4.79 Å². The van der Waals surface area contributed by atoms with E-state index in [-0.39, 0.29) is 11.6 Å². The van der Waals surface area contributed by atoms with Gasteiger partial charge in [0.25, 0.3) is 0 Å². The molecule has 0 saturated carbocycles. The number of amides is 1. The van der Waals surface area contributed by atoms with Crippen LogP contribution in [0.5, 0.6) is 11.5 Å². The highest BCUT2D eigenvalue weighted by atomic mass is 19.1. The zero-order valence-electron chi connectivity index (χ0n) is 15.1. The van der Waals surface area contributed by atoms with Gasteiger partial charge in [0.05, 0.1) is 6.04 Å². The van der Waals surface area contributed by atoms with Gasteiger partial charge in [0, 0.05) is 24.0 Å². The molecular formula is C22H18F2N2O2. The molecule has 1 unspecified atom stereocenters. The van der Waals surface area contributed by atoms with Crippen molar-refractivity contribution in [1.29, 1.82) is 0 Å². The quantitative estimate of drug-likeness (QED) is 0.610. The van der Waals surface area contributed by atoms with E-state index in [9.17, 15) is 13.6 Å². The molecule has 0 aliphatic heterocycles. The van der Waals surface area contributed by atoms with Crippen LogP contribution in [0.3, 0.4) is 0 Å². The van der Waals surface area contributed by atoms with E-state index in [1.165, 1.54) is 12.2 Å². The van der Waals surface area contributed by atoms with Crippen LogP contribution in [0.4, 0.5) is 8.78 Å². The number of halogens is 2. The van der Waals surface area contributed by atoms with Crippen molar-refractivity contribution in [2.45, 2.75) is 13.0 Å². The van der Waals surface area contributed by atoms with Gasteiger partial charge in [-0.25, -0.2) is 8.78 Å². The zero-order chi connectivity index (χ0) is 19.9. The maximum Gasteiger partial charge on any atom is 0.244 e. The highest BCUT2D eigenvalue weighted by Crippen LogP contribution is 2.24. The molecule has 0 bridgehead atoms. The molecular weight excluding hydrogens is 362 g/mol. The summed E-state index contributed by atoms with van der Waals surface area (Å²) in [6.07, 6.45) is 5.68. The van der Waals surface area contributed by atoms with Gasteiger partial charge >= 0.3 is 0 Å². The minimum Gasteiger partial charge on any atom is -0.457 e. The lowest BCUT2D eigenvalue weighted by atomic mass is 10.1. The lowest BCUT2D eigenvalue weighted by molar-refractivity contribution is -0.117. The van der Waals surface area contributed by atoms with Gasteiger partial charge in [0.2, 0.25) is 5.91 Å². The fourth-order valence-electron chi connectivity index (χ4n) is 2.54. The van der Waals surface area contributed by atoms with Crippen molar-refractivity contribution in [3.05, 3.63) is 95.8 Å². The Kier molecular flexibility index (Phi) is 6.11. The zero-order valence-corrected chi connectivity index (χ0v) is 15.1. The third kappa shape index (κ3) is 5.23. The topological polar surface area (TPSA) is 51.2 Å². The molecule has 2 aromatic carbocycles. The van der Waals surface area contributed by atoms with E-state index >= 15 is 0 Å². The van der Waals surface area contributed by atoms with Crippen molar-refractivity contribution in [3.8, 4) is 11.5 Å². The number of ether oxygens (including phenoxy) is 1. The molecule has 6 heteroatoms. The molecule has 0 aliphatic rings. The lowest BCUT2D eigenvalue weighted by Gasteiger charge is -2.14. The van der Waals surface area contributed by atoms with Gasteiger partial charge in [-0.05, 0) is 61.0 Å². The summed E-state index contributed by atoms with van der Waals surface area (Å²) in [5, 5.41) is 2.78. The van der Waals surface area contributed by atoms with Crippen molar-refractivity contribution < 1.29 is 18.3 Å². The molecule has 28 heavy (non-hydrogen) atoms. The smallest absolute Gasteiger partial charge is 0.244 e. The minimum atomic E-state index is -0.598.